The number of amides is 1. The fourth-order valence-corrected chi connectivity index (χ4v) is 2.59. The van der Waals surface area contributed by atoms with Crippen LogP contribution in [0.15, 0.2) is 29.3 Å². The molecule has 6 nitrogen and oxygen atoms in total. The minimum absolute atomic E-state index is 0. The first-order valence-corrected chi connectivity index (χ1v) is 8.51. The highest BCUT2D eigenvalue weighted by Gasteiger charge is 2.17. The van der Waals surface area contributed by atoms with E-state index in [4.69, 9.17) is 4.74 Å². The molecule has 1 saturated heterocycles. The molecule has 1 aliphatic rings. The van der Waals surface area contributed by atoms with E-state index in [1.54, 1.807) is 20.2 Å². The first kappa shape index (κ1) is 22.6. The van der Waals surface area contributed by atoms with Gasteiger partial charge in [-0.3, -0.25) is 4.79 Å². The Labute approximate surface area is 171 Å². The van der Waals surface area contributed by atoms with E-state index in [1.165, 1.54) is 17.0 Å². The van der Waals surface area contributed by atoms with Crippen LogP contribution < -0.4 is 5.32 Å². The molecule has 1 aliphatic heterocycles. The van der Waals surface area contributed by atoms with Crippen LogP contribution >= 0.6 is 24.0 Å². The van der Waals surface area contributed by atoms with Crippen LogP contribution in [0.2, 0.25) is 0 Å². The van der Waals surface area contributed by atoms with Crippen molar-refractivity contribution < 1.29 is 13.9 Å². The molecule has 0 aliphatic carbocycles. The van der Waals surface area contributed by atoms with Gasteiger partial charge < -0.3 is 19.9 Å². The van der Waals surface area contributed by atoms with Crippen molar-refractivity contribution in [3.63, 3.8) is 0 Å². The fourth-order valence-electron chi connectivity index (χ4n) is 2.59. The van der Waals surface area contributed by atoms with Gasteiger partial charge in [0.25, 0.3) is 0 Å². The van der Waals surface area contributed by atoms with Gasteiger partial charge in [-0.2, -0.15) is 0 Å². The van der Waals surface area contributed by atoms with E-state index in [2.05, 4.69) is 10.3 Å². The van der Waals surface area contributed by atoms with Crippen LogP contribution in [0.1, 0.15) is 18.4 Å². The second kappa shape index (κ2) is 11.3. The van der Waals surface area contributed by atoms with Crippen LogP contribution in [0.25, 0.3) is 0 Å². The number of nitrogens with one attached hydrogen (secondary N) is 1. The summed E-state index contributed by atoms with van der Waals surface area (Å²) in [5, 5.41) is 3.28. The molecule has 2 rings (SSSR count). The number of carbonyl (C=O) groups excluding carboxylic acids is 1. The summed E-state index contributed by atoms with van der Waals surface area (Å²) in [6.07, 6.45) is 2.25. The lowest BCUT2D eigenvalue weighted by molar-refractivity contribution is -0.127. The van der Waals surface area contributed by atoms with Crippen molar-refractivity contribution >= 4 is 35.8 Å². The lowest BCUT2D eigenvalue weighted by Crippen LogP contribution is -2.42. The number of carbonyl (C=O) groups is 1. The number of benzene rings is 1. The summed E-state index contributed by atoms with van der Waals surface area (Å²) in [6, 6.07) is 6.47. The van der Waals surface area contributed by atoms with Crippen molar-refractivity contribution in [2.75, 3.05) is 40.8 Å². The monoisotopic (exact) mass is 478 g/mol. The zero-order valence-corrected chi connectivity index (χ0v) is 17.9. The number of hydrogen-bond donors (Lipinski definition) is 1. The summed E-state index contributed by atoms with van der Waals surface area (Å²) in [7, 11) is 5.27. The molecule has 0 aromatic heterocycles. The minimum Gasteiger partial charge on any atom is -0.376 e. The number of halogens is 2. The van der Waals surface area contributed by atoms with Crippen LogP contribution in [0, 0.1) is 5.82 Å². The van der Waals surface area contributed by atoms with E-state index in [0.29, 0.717) is 19.0 Å². The summed E-state index contributed by atoms with van der Waals surface area (Å²) in [5.41, 5.74) is 0.841. The molecule has 1 aromatic carbocycles. The highest BCUT2D eigenvalue weighted by molar-refractivity contribution is 14.0. The molecule has 1 N–H and O–H groups in total. The average Bonchev–Trinajstić information content (AvgIpc) is 3.07. The van der Waals surface area contributed by atoms with Gasteiger partial charge in [0.2, 0.25) is 5.91 Å². The number of aliphatic imine (C=N–C) groups is 1. The third-order valence-corrected chi connectivity index (χ3v) is 4.05. The largest absolute Gasteiger partial charge is 0.376 e. The van der Waals surface area contributed by atoms with Gasteiger partial charge in [0.1, 0.15) is 12.4 Å². The number of rotatable bonds is 6. The number of hydrogen-bond acceptors (Lipinski definition) is 3. The summed E-state index contributed by atoms with van der Waals surface area (Å²) in [4.78, 5) is 19.6. The minimum atomic E-state index is -0.264. The maximum absolute atomic E-state index is 13.4. The van der Waals surface area contributed by atoms with E-state index in [1.807, 2.05) is 18.0 Å². The molecule has 1 unspecified atom stereocenters. The van der Waals surface area contributed by atoms with Gasteiger partial charge in [-0.05, 0) is 30.5 Å². The molecule has 1 amide bonds. The molecular formula is C18H28FIN4O2. The first-order valence-electron chi connectivity index (χ1n) is 8.51. The summed E-state index contributed by atoms with van der Waals surface area (Å²) < 4.78 is 19.0. The van der Waals surface area contributed by atoms with Crippen molar-refractivity contribution in [2.24, 2.45) is 4.99 Å². The van der Waals surface area contributed by atoms with Gasteiger partial charge in [0.05, 0.1) is 6.10 Å². The quantitative estimate of drug-likeness (QED) is 0.387. The Hall–Kier alpha value is -1.42. The SMILES string of the molecule is CN(C)C(=O)CN=C(NCC1CCCO1)N(C)Cc1cccc(F)c1.I. The van der Waals surface area contributed by atoms with Gasteiger partial charge in [-0.1, -0.05) is 12.1 Å². The Morgan fingerprint density at radius 1 is 1.38 bits per heavy atom. The average molecular weight is 478 g/mol. The lowest BCUT2D eigenvalue weighted by Gasteiger charge is -2.24. The Morgan fingerprint density at radius 2 is 2.15 bits per heavy atom. The molecule has 1 atom stereocenters. The maximum Gasteiger partial charge on any atom is 0.243 e. The van der Waals surface area contributed by atoms with Crippen molar-refractivity contribution in [3.8, 4) is 0 Å². The third-order valence-electron chi connectivity index (χ3n) is 4.05. The van der Waals surface area contributed by atoms with E-state index < -0.39 is 0 Å². The molecule has 1 heterocycles. The van der Waals surface area contributed by atoms with E-state index in [9.17, 15) is 9.18 Å². The van der Waals surface area contributed by atoms with Gasteiger partial charge in [-0.25, -0.2) is 9.38 Å². The Balaban J connectivity index is 0.00000338. The smallest absolute Gasteiger partial charge is 0.243 e. The molecule has 0 radical (unpaired) electrons. The number of nitrogens with zero attached hydrogens (tertiary/aromatic N) is 3. The van der Waals surface area contributed by atoms with Crippen molar-refractivity contribution in [3.05, 3.63) is 35.6 Å². The van der Waals surface area contributed by atoms with Crippen LogP contribution in [-0.4, -0.2) is 68.6 Å². The summed E-state index contributed by atoms with van der Waals surface area (Å²) in [5.74, 6) is 0.269. The molecule has 146 valence electrons. The third kappa shape index (κ3) is 7.45. The summed E-state index contributed by atoms with van der Waals surface area (Å²) in [6.45, 7) is 1.99. The van der Waals surface area contributed by atoms with E-state index in [-0.39, 0.29) is 48.3 Å². The van der Waals surface area contributed by atoms with Crippen molar-refractivity contribution in [1.29, 1.82) is 0 Å². The zero-order chi connectivity index (χ0) is 18.2. The molecule has 1 fully saturated rings. The van der Waals surface area contributed by atoms with E-state index >= 15 is 0 Å². The molecule has 0 saturated carbocycles. The fraction of sp³-hybridized carbons (Fsp3) is 0.556. The number of likely N-dealkylation sites (N-methyl/N-ethyl adjacent to an activating group) is 1. The molecule has 0 spiro atoms. The first-order chi connectivity index (χ1) is 12.0. The van der Waals surface area contributed by atoms with E-state index in [0.717, 1.165) is 25.0 Å². The van der Waals surface area contributed by atoms with Crippen LogP contribution in [0.4, 0.5) is 4.39 Å². The standard InChI is InChI=1S/C18H27FN4O2.HI/c1-22(2)17(24)12-21-18(20-11-16-8-5-9-25-16)23(3)13-14-6-4-7-15(19)10-14;/h4,6-7,10,16H,5,8-9,11-13H2,1-3H3,(H,20,21);1H. The molecular weight excluding hydrogens is 450 g/mol. The van der Waals surface area contributed by atoms with Crippen LogP contribution in [0.3, 0.4) is 0 Å². The highest BCUT2D eigenvalue weighted by atomic mass is 127. The van der Waals surface area contributed by atoms with Crippen molar-refractivity contribution in [1.82, 2.24) is 15.1 Å². The second-order valence-corrected chi connectivity index (χ2v) is 6.43. The predicted molar refractivity (Wildman–Crippen MR) is 111 cm³/mol. The number of ether oxygens (including phenoxy) is 1. The molecule has 0 bridgehead atoms. The van der Waals surface area contributed by atoms with Gasteiger partial charge in [0, 0.05) is 40.8 Å². The zero-order valence-electron chi connectivity index (χ0n) is 15.6. The highest BCUT2D eigenvalue weighted by Crippen LogP contribution is 2.11. The Bertz CT molecular complexity index is 607. The molecule has 1 aromatic rings. The maximum atomic E-state index is 13.4. The van der Waals surface area contributed by atoms with Gasteiger partial charge >= 0.3 is 0 Å². The van der Waals surface area contributed by atoms with Crippen LogP contribution in [0.5, 0.6) is 0 Å². The van der Waals surface area contributed by atoms with Gasteiger partial charge in [-0.15, -0.1) is 24.0 Å². The predicted octanol–water partition coefficient (Wildman–Crippen LogP) is 2.09. The molecule has 26 heavy (non-hydrogen) atoms. The Kier molecular flexibility index (Phi) is 9.85. The Morgan fingerprint density at radius 3 is 2.77 bits per heavy atom. The van der Waals surface area contributed by atoms with Crippen LogP contribution in [-0.2, 0) is 16.1 Å². The van der Waals surface area contributed by atoms with Crippen molar-refractivity contribution in [2.45, 2.75) is 25.5 Å². The topological polar surface area (TPSA) is 57.2 Å². The molecule has 8 heteroatoms. The second-order valence-electron chi connectivity index (χ2n) is 6.43. The lowest BCUT2D eigenvalue weighted by atomic mass is 10.2. The normalized spacial score (nSPS) is 16.8. The summed E-state index contributed by atoms with van der Waals surface area (Å²) >= 11 is 0. The van der Waals surface area contributed by atoms with Gasteiger partial charge in [0.15, 0.2) is 5.96 Å². The number of guanidine groups is 1.